The van der Waals surface area contributed by atoms with Gasteiger partial charge in [0.15, 0.2) is 0 Å². The predicted octanol–water partition coefficient (Wildman–Crippen LogP) is 3.74. The standard InChI is InChI=1S/C23H25ClN4O2S/c1-31-14-12-21(27-22(29)19-9-5-6-10-20(19)24)23(30)25-13-11-17-15-26-28(16-17)18-7-3-2-4-8-18/h2-10,15-16,21H,11-14H2,1H3,(H,25,30)(H,27,29). The molecule has 1 atom stereocenters. The van der Waals surface area contributed by atoms with Gasteiger partial charge < -0.3 is 10.6 Å². The van der Waals surface area contributed by atoms with Crippen LogP contribution in [-0.2, 0) is 11.2 Å². The van der Waals surface area contributed by atoms with Crippen LogP contribution in [0.3, 0.4) is 0 Å². The molecular formula is C23H25ClN4O2S. The Balaban J connectivity index is 1.55. The summed E-state index contributed by atoms with van der Waals surface area (Å²) in [4.78, 5) is 25.3. The van der Waals surface area contributed by atoms with Crippen molar-refractivity contribution in [3.63, 3.8) is 0 Å². The van der Waals surface area contributed by atoms with Gasteiger partial charge in [-0.1, -0.05) is 41.9 Å². The fraction of sp³-hybridized carbons (Fsp3) is 0.261. The van der Waals surface area contributed by atoms with Crippen LogP contribution < -0.4 is 10.6 Å². The second kappa shape index (κ2) is 11.6. The molecule has 31 heavy (non-hydrogen) atoms. The van der Waals surface area contributed by atoms with Gasteiger partial charge in [-0.05, 0) is 54.7 Å². The molecule has 1 aromatic heterocycles. The van der Waals surface area contributed by atoms with Gasteiger partial charge >= 0.3 is 0 Å². The predicted molar refractivity (Wildman–Crippen MR) is 126 cm³/mol. The minimum absolute atomic E-state index is 0.204. The van der Waals surface area contributed by atoms with Gasteiger partial charge in [0.1, 0.15) is 6.04 Å². The monoisotopic (exact) mass is 456 g/mol. The minimum Gasteiger partial charge on any atom is -0.354 e. The smallest absolute Gasteiger partial charge is 0.253 e. The fourth-order valence-electron chi connectivity index (χ4n) is 3.05. The molecule has 8 heteroatoms. The number of hydrogen-bond acceptors (Lipinski definition) is 4. The molecule has 0 saturated heterocycles. The molecule has 0 spiro atoms. The van der Waals surface area contributed by atoms with Crippen molar-refractivity contribution in [2.24, 2.45) is 0 Å². The van der Waals surface area contributed by atoms with E-state index in [9.17, 15) is 9.59 Å². The van der Waals surface area contributed by atoms with Crippen LogP contribution in [0.1, 0.15) is 22.3 Å². The van der Waals surface area contributed by atoms with Crippen molar-refractivity contribution in [2.75, 3.05) is 18.6 Å². The Morgan fingerprint density at radius 2 is 1.87 bits per heavy atom. The zero-order valence-electron chi connectivity index (χ0n) is 17.3. The number of carbonyl (C=O) groups excluding carboxylic acids is 2. The summed E-state index contributed by atoms with van der Waals surface area (Å²) < 4.78 is 1.81. The molecule has 2 amide bonds. The summed E-state index contributed by atoms with van der Waals surface area (Å²) in [5.74, 6) is 0.200. The maximum absolute atomic E-state index is 12.7. The van der Waals surface area contributed by atoms with Crippen molar-refractivity contribution in [1.29, 1.82) is 0 Å². The molecule has 162 valence electrons. The number of carbonyl (C=O) groups is 2. The molecule has 0 aliphatic heterocycles. The van der Waals surface area contributed by atoms with Crippen LogP contribution in [0.4, 0.5) is 0 Å². The molecule has 1 unspecified atom stereocenters. The first kappa shape index (κ1) is 22.9. The van der Waals surface area contributed by atoms with Gasteiger partial charge in [-0.2, -0.15) is 16.9 Å². The van der Waals surface area contributed by atoms with Crippen LogP contribution in [0, 0.1) is 0 Å². The lowest BCUT2D eigenvalue weighted by molar-refractivity contribution is -0.122. The Kier molecular flexibility index (Phi) is 8.55. The van der Waals surface area contributed by atoms with Gasteiger partial charge in [-0.3, -0.25) is 9.59 Å². The van der Waals surface area contributed by atoms with E-state index >= 15 is 0 Å². The normalized spacial score (nSPS) is 11.7. The summed E-state index contributed by atoms with van der Waals surface area (Å²) >= 11 is 7.74. The number of rotatable bonds is 10. The van der Waals surface area contributed by atoms with Crippen molar-refractivity contribution >= 4 is 35.2 Å². The Morgan fingerprint density at radius 1 is 1.13 bits per heavy atom. The number of hydrogen-bond donors (Lipinski definition) is 2. The van der Waals surface area contributed by atoms with Crippen LogP contribution in [-0.4, -0.2) is 46.2 Å². The van der Waals surface area contributed by atoms with E-state index in [1.165, 1.54) is 0 Å². The molecule has 0 aliphatic rings. The minimum atomic E-state index is -0.622. The highest BCUT2D eigenvalue weighted by atomic mass is 35.5. The Hall–Kier alpha value is -2.77. The van der Waals surface area contributed by atoms with Gasteiger partial charge in [-0.25, -0.2) is 4.68 Å². The molecular weight excluding hydrogens is 432 g/mol. The van der Waals surface area contributed by atoms with Crippen molar-refractivity contribution in [1.82, 2.24) is 20.4 Å². The van der Waals surface area contributed by atoms with Gasteiger partial charge in [0.05, 0.1) is 22.5 Å². The van der Waals surface area contributed by atoms with E-state index in [0.717, 1.165) is 17.0 Å². The van der Waals surface area contributed by atoms with E-state index in [4.69, 9.17) is 11.6 Å². The van der Waals surface area contributed by atoms with Crippen molar-refractivity contribution in [3.05, 3.63) is 83.1 Å². The molecule has 3 rings (SSSR count). The summed E-state index contributed by atoms with van der Waals surface area (Å²) in [6.45, 7) is 0.455. The SMILES string of the molecule is CSCCC(NC(=O)c1ccccc1Cl)C(=O)NCCc1cnn(-c2ccccc2)c1. The number of benzene rings is 2. The molecule has 0 radical (unpaired) electrons. The lowest BCUT2D eigenvalue weighted by Gasteiger charge is -2.18. The molecule has 0 aliphatic carbocycles. The van der Waals surface area contributed by atoms with Gasteiger partial charge in [0, 0.05) is 12.7 Å². The number of thioether (sulfide) groups is 1. The van der Waals surface area contributed by atoms with E-state index in [1.807, 2.05) is 47.5 Å². The average molecular weight is 457 g/mol. The van der Waals surface area contributed by atoms with E-state index in [0.29, 0.717) is 30.0 Å². The maximum atomic E-state index is 12.7. The molecule has 1 heterocycles. The highest BCUT2D eigenvalue weighted by Gasteiger charge is 2.21. The average Bonchev–Trinajstić information content (AvgIpc) is 3.26. The van der Waals surface area contributed by atoms with Crippen molar-refractivity contribution in [3.8, 4) is 5.69 Å². The number of nitrogens with one attached hydrogen (secondary N) is 2. The summed E-state index contributed by atoms with van der Waals surface area (Å²) in [6.07, 6.45) is 6.89. The van der Waals surface area contributed by atoms with E-state index in [-0.39, 0.29) is 11.8 Å². The van der Waals surface area contributed by atoms with Crippen LogP contribution in [0.5, 0.6) is 0 Å². The maximum Gasteiger partial charge on any atom is 0.253 e. The first-order valence-corrected chi connectivity index (χ1v) is 11.8. The summed E-state index contributed by atoms with van der Waals surface area (Å²) in [7, 11) is 0. The lowest BCUT2D eigenvalue weighted by Crippen LogP contribution is -2.47. The lowest BCUT2D eigenvalue weighted by atomic mass is 10.1. The Bertz CT molecular complexity index is 1010. The summed E-state index contributed by atoms with van der Waals surface area (Å²) in [5.41, 5.74) is 2.36. The molecule has 2 aromatic carbocycles. The van der Waals surface area contributed by atoms with Crippen LogP contribution in [0.2, 0.25) is 5.02 Å². The van der Waals surface area contributed by atoms with Crippen LogP contribution in [0.15, 0.2) is 67.0 Å². The Labute approximate surface area is 191 Å². The highest BCUT2D eigenvalue weighted by Crippen LogP contribution is 2.15. The van der Waals surface area contributed by atoms with Crippen LogP contribution >= 0.6 is 23.4 Å². The second-order valence-corrected chi connectivity index (χ2v) is 8.35. The first-order chi connectivity index (χ1) is 15.1. The highest BCUT2D eigenvalue weighted by molar-refractivity contribution is 7.98. The van der Waals surface area contributed by atoms with Gasteiger partial charge in [0.25, 0.3) is 5.91 Å². The molecule has 0 saturated carbocycles. The number of nitrogens with zero attached hydrogens (tertiary/aromatic N) is 2. The number of aromatic nitrogens is 2. The number of halogens is 1. The Morgan fingerprint density at radius 3 is 2.61 bits per heavy atom. The summed E-state index contributed by atoms with van der Waals surface area (Å²) in [5, 5.41) is 10.5. The van der Waals surface area contributed by atoms with Crippen molar-refractivity contribution in [2.45, 2.75) is 18.9 Å². The zero-order chi connectivity index (χ0) is 22.1. The third kappa shape index (κ3) is 6.60. The zero-order valence-corrected chi connectivity index (χ0v) is 18.8. The van der Waals surface area contributed by atoms with Crippen LogP contribution in [0.25, 0.3) is 5.69 Å². The molecule has 3 aromatic rings. The van der Waals surface area contributed by atoms with Gasteiger partial charge in [-0.15, -0.1) is 0 Å². The molecule has 0 fully saturated rings. The van der Waals surface area contributed by atoms with E-state index in [1.54, 1.807) is 42.2 Å². The third-order valence-corrected chi connectivity index (χ3v) is 5.69. The second-order valence-electron chi connectivity index (χ2n) is 6.96. The number of para-hydroxylation sites is 1. The van der Waals surface area contributed by atoms with E-state index < -0.39 is 6.04 Å². The molecule has 0 bridgehead atoms. The first-order valence-electron chi connectivity index (χ1n) is 9.99. The van der Waals surface area contributed by atoms with E-state index in [2.05, 4.69) is 15.7 Å². The fourth-order valence-corrected chi connectivity index (χ4v) is 3.74. The summed E-state index contributed by atoms with van der Waals surface area (Å²) in [6, 6.07) is 16.0. The largest absolute Gasteiger partial charge is 0.354 e. The third-order valence-electron chi connectivity index (χ3n) is 4.72. The number of amides is 2. The van der Waals surface area contributed by atoms with Crippen molar-refractivity contribution < 1.29 is 9.59 Å². The topological polar surface area (TPSA) is 76.0 Å². The molecule has 6 nitrogen and oxygen atoms in total. The molecule has 2 N–H and O–H groups in total. The quantitative estimate of drug-likeness (QED) is 0.487. The van der Waals surface area contributed by atoms with Gasteiger partial charge in [0.2, 0.25) is 5.91 Å².